The van der Waals surface area contributed by atoms with Gasteiger partial charge in [0.05, 0.1) is 15.6 Å². The SMILES string of the molecule is O=C/C(Cl)=C\Nc1ccc(Cl)c(C(F)(F)F)c1. The summed E-state index contributed by atoms with van der Waals surface area (Å²) in [5.41, 5.74) is -0.832. The van der Waals surface area contributed by atoms with Crippen molar-refractivity contribution in [2.24, 2.45) is 0 Å². The van der Waals surface area contributed by atoms with Gasteiger partial charge in [0.25, 0.3) is 0 Å². The van der Waals surface area contributed by atoms with Crippen LogP contribution in [-0.2, 0) is 11.0 Å². The molecule has 0 amide bonds. The molecule has 1 rings (SSSR count). The first-order valence-electron chi connectivity index (χ1n) is 4.28. The number of benzene rings is 1. The number of carbonyl (C=O) groups excluding carboxylic acids is 1. The average Bonchev–Trinajstić information content (AvgIpc) is 2.26. The quantitative estimate of drug-likeness (QED) is 0.670. The molecular formula is C10H6Cl2F3NO. The fourth-order valence-corrected chi connectivity index (χ4v) is 1.30. The Morgan fingerprint density at radius 3 is 2.53 bits per heavy atom. The molecule has 0 aromatic heterocycles. The molecule has 17 heavy (non-hydrogen) atoms. The molecule has 0 unspecified atom stereocenters. The number of anilines is 1. The van der Waals surface area contributed by atoms with Crippen molar-refractivity contribution in [1.82, 2.24) is 0 Å². The van der Waals surface area contributed by atoms with Gasteiger partial charge in [0.1, 0.15) is 0 Å². The monoisotopic (exact) mass is 283 g/mol. The maximum atomic E-state index is 12.5. The summed E-state index contributed by atoms with van der Waals surface area (Å²) in [6.45, 7) is 0. The van der Waals surface area contributed by atoms with Crippen LogP contribution in [0.1, 0.15) is 5.56 Å². The molecule has 1 aromatic rings. The minimum atomic E-state index is -4.53. The van der Waals surface area contributed by atoms with E-state index in [9.17, 15) is 18.0 Å². The molecule has 0 saturated heterocycles. The summed E-state index contributed by atoms with van der Waals surface area (Å²) < 4.78 is 37.5. The molecule has 7 heteroatoms. The lowest BCUT2D eigenvalue weighted by Crippen LogP contribution is -2.06. The van der Waals surface area contributed by atoms with E-state index in [-0.39, 0.29) is 10.7 Å². The molecule has 2 nitrogen and oxygen atoms in total. The number of carbonyl (C=O) groups is 1. The Morgan fingerprint density at radius 2 is 2.00 bits per heavy atom. The Kier molecular flexibility index (Phi) is 4.42. The van der Waals surface area contributed by atoms with Crippen LogP contribution >= 0.6 is 23.2 Å². The summed E-state index contributed by atoms with van der Waals surface area (Å²) in [5.74, 6) is 0. The van der Waals surface area contributed by atoms with E-state index in [1.807, 2.05) is 0 Å². The fourth-order valence-electron chi connectivity index (χ4n) is 1.02. The van der Waals surface area contributed by atoms with Gasteiger partial charge in [0, 0.05) is 11.9 Å². The van der Waals surface area contributed by atoms with Crippen LogP contribution in [0.4, 0.5) is 18.9 Å². The zero-order valence-corrected chi connectivity index (χ0v) is 9.70. The van der Waals surface area contributed by atoms with Crippen molar-refractivity contribution in [3.05, 3.63) is 40.0 Å². The highest BCUT2D eigenvalue weighted by atomic mass is 35.5. The molecule has 0 atom stereocenters. The van der Waals surface area contributed by atoms with Crippen molar-refractivity contribution in [3.8, 4) is 0 Å². The van der Waals surface area contributed by atoms with Gasteiger partial charge in [-0.05, 0) is 18.2 Å². The van der Waals surface area contributed by atoms with Gasteiger partial charge in [-0.15, -0.1) is 0 Å². The van der Waals surface area contributed by atoms with Gasteiger partial charge in [-0.2, -0.15) is 13.2 Å². The van der Waals surface area contributed by atoms with E-state index < -0.39 is 16.8 Å². The maximum Gasteiger partial charge on any atom is 0.417 e. The summed E-state index contributed by atoms with van der Waals surface area (Å²) in [6, 6.07) is 3.27. The summed E-state index contributed by atoms with van der Waals surface area (Å²) in [7, 11) is 0. The topological polar surface area (TPSA) is 29.1 Å². The number of aldehydes is 1. The summed E-state index contributed by atoms with van der Waals surface area (Å²) >= 11 is 10.8. The normalized spacial score (nSPS) is 12.4. The second kappa shape index (κ2) is 5.42. The van der Waals surface area contributed by atoms with Crippen LogP contribution in [0.25, 0.3) is 0 Å². The van der Waals surface area contributed by atoms with Gasteiger partial charge in [-0.25, -0.2) is 0 Å². The Balaban J connectivity index is 3.01. The summed E-state index contributed by atoms with van der Waals surface area (Å²) in [4.78, 5) is 10.2. The highest BCUT2D eigenvalue weighted by molar-refractivity contribution is 6.38. The highest BCUT2D eigenvalue weighted by Gasteiger charge is 2.33. The zero-order chi connectivity index (χ0) is 13.1. The Bertz CT molecular complexity index is 457. The number of allylic oxidation sites excluding steroid dienone is 1. The van der Waals surface area contributed by atoms with Crippen molar-refractivity contribution in [3.63, 3.8) is 0 Å². The third-order valence-electron chi connectivity index (χ3n) is 1.76. The molecule has 0 aliphatic heterocycles. The largest absolute Gasteiger partial charge is 0.417 e. The maximum absolute atomic E-state index is 12.5. The van der Waals surface area contributed by atoms with Crippen LogP contribution in [-0.4, -0.2) is 6.29 Å². The lowest BCUT2D eigenvalue weighted by molar-refractivity contribution is -0.137. The molecule has 0 aliphatic rings. The molecule has 0 aliphatic carbocycles. The van der Waals surface area contributed by atoms with Crippen LogP contribution in [0.2, 0.25) is 5.02 Å². The van der Waals surface area contributed by atoms with Crippen LogP contribution in [0, 0.1) is 0 Å². The highest BCUT2D eigenvalue weighted by Crippen LogP contribution is 2.36. The lowest BCUT2D eigenvalue weighted by atomic mass is 10.2. The summed E-state index contributed by atoms with van der Waals surface area (Å²) in [5, 5.41) is 1.90. The Hall–Kier alpha value is -1.20. The molecular weight excluding hydrogens is 278 g/mol. The minimum absolute atomic E-state index is 0.127. The summed E-state index contributed by atoms with van der Waals surface area (Å²) in [6.07, 6.45) is -3.10. The number of alkyl halides is 3. The number of rotatable bonds is 3. The lowest BCUT2D eigenvalue weighted by Gasteiger charge is -2.10. The Morgan fingerprint density at radius 1 is 1.35 bits per heavy atom. The first-order valence-corrected chi connectivity index (χ1v) is 5.04. The first kappa shape index (κ1) is 13.9. The van der Waals surface area contributed by atoms with Crippen LogP contribution in [0.15, 0.2) is 29.4 Å². The van der Waals surface area contributed by atoms with Crippen molar-refractivity contribution in [2.45, 2.75) is 6.18 Å². The number of halogens is 5. The van der Waals surface area contributed by atoms with Gasteiger partial charge in [0.15, 0.2) is 6.29 Å². The van der Waals surface area contributed by atoms with E-state index in [0.717, 1.165) is 18.3 Å². The van der Waals surface area contributed by atoms with Crippen molar-refractivity contribution < 1.29 is 18.0 Å². The van der Waals surface area contributed by atoms with Crippen LogP contribution in [0.3, 0.4) is 0 Å². The predicted molar refractivity (Wildman–Crippen MR) is 60.1 cm³/mol. The second-order valence-electron chi connectivity index (χ2n) is 2.98. The number of hydrogen-bond acceptors (Lipinski definition) is 2. The van der Waals surface area contributed by atoms with E-state index in [1.54, 1.807) is 0 Å². The van der Waals surface area contributed by atoms with Gasteiger partial charge >= 0.3 is 6.18 Å². The number of hydrogen-bond donors (Lipinski definition) is 1. The van der Waals surface area contributed by atoms with Crippen molar-refractivity contribution in [2.75, 3.05) is 5.32 Å². The second-order valence-corrected chi connectivity index (χ2v) is 3.83. The van der Waals surface area contributed by atoms with Crippen LogP contribution < -0.4 is 5.32 Å². The van der Waals surface area contributed by atoms with Gasteiger partial charge in [-0.3, -0.25) is 4.79 Å². The molecule has 0 saturated carbocycles. The van der Waals surface area contributed by atoms with Crippen molar-refractivity contribution >= 4 is 35.2 Å². The fraction of sp³-hybridized carbons (Fsp3) is 0.100. The first-order chi connectivity index (χ1) is 7.84. The van der Waals surface area contributed by atoms with Gasteiger partial charge < -0.3 is 5.32 Å². The molecule has 1 aromatic carbocycles. The third-order valence-corrected chi connectivity index (χ3v) is 2.29. The van der Waals surface area contributed by atoms with E-state index in [1.165, 1.54) is 6.07 Å². The van der Waals surface area contributed by atoms with Crippen molar-refractivity contribution in [1.29, 1.82) is 0 Å². The van der Waals surface area contributed by atoms with Gasteiger partial charge in [0.2, 0.25) is 0 Å². The number of nitrogens with one attached hydrogen (secondary N) is 1. The molecule has 0 radical (unpaired) electrons. The van der Waals surface area contributed by atoms with E-state index >= 15 is 0 Å². The molecule has 0 spiro atoms. The zero-order valence-electron chi connectivity index (χ0n) is 8.18. The average molecular weight is 284 g/mol. The molecule has 0 bridgehead atoms. The molecule has 1 N–H and O–H groups in total. The standard InChI is InChI=1S/C10H6Cl2F3NO/c11-6(5-17)4-16-7-1-2-9(12)8(3-7)10(13,14)15/h1-5,16H/b6-4+. The predicted octanol–water partition coefficient (Wildman–Crippen LogP) is 4.05. The van der Waals surface area contributed by atoms with Gasteiger partial charge in [-0.1, -0.05) is 23.2 Å². The minimum Gasteiger partial charge on any atom is -0.360 e. The smallest absolute Gasteiger partial charge is 0.360 e. The van der Waals surface area contributed by atoms with E-state index in [2.05, 4.69) is 5.32 Å². The van der Waals surface area contributed by atoms with E-state index in [4.69, 9.17) is 23.2 Å². The molecule has 0 heterocycles. The van der Waals surface area contributed by atoms with E-state index in [0.29, 0.717) is 6.29 Å². The van der Waals surface area contributed by atoms with Crippen LogP contribution in [0.5, 0.6) is 0 Å². The molecule has 92 valence electrons. The molecule has 0 fully saturated rings. The Labute approximate surface area is 105 Å². The third kappa shape index (κ3) is 3.94.